The number of rotatable bonds is 1. The van der Waals surface area contributed by atoms with Crippen LogP contribution in [-0.2, 0) is 0 Å². The van der Waals surface area contributed by atoms with Crippen molar-refractivity contribution < 1.29 is 8.56 Å². The van der Waals surface area contributed by atoms with E-state index in [1.54, 1.807) is 6.92 Å². The van der Waals surface area contributed by atoms with Crippen LogP contribution in [0.4, 0.5) is 0 Å². The molecule has 0 saturated carbocycles. The van der Waals surface area contributed by atoms with Crippen molar-refractivity contribution in [3.05, 3.63) is 0 Å². The van der Waals surface area contributed by atoms with Crippen molar-refractivity contribution in [3.63, 3.8) is 0 Å². The van der Waals surface area contributed by atoms with Gasteiger partial charge in [-0.05, 0) is 44.1 Å². The summed E-state index contributed by atoms with van der Waals surface area (Å²) in [6.07, 6.45) is 4.78. The van der Waals surface area contributed by atoms with Gasteiger partial charge in [-0.3, -0.25) is 4.90 Å². The maximum Gasteiger partial charge on any atom is 0.0192 e. The van der Waals surface area contributed by atoms with E-state index in [4.69, 9.17) is 17.2 Å². The first-order valence-corrected chi connectivity index (χ1v) is 5.78. The average Bonchev–Trinajstić information content (AvgIpc) is 2.43. The van der Waals surface area contributed by atoms with E-state index in [0.717, 1.165) is 19.1 Å². The molecule has 1 atom stereocenters. The lowest BCUT2D eigenvalue weighted by molar-refractivity contribution is 0.183. The fourth-order valence-electron chi connectivity index (χ4n) is 1.48. The topological polar surface area (TPSA) is 62.9 Å². The van der Waals surface area contributed by atoms with Gasteiger partial charge in [0.2, 0.25) is 0 Å². The molecule has 18 heavy (non-hydrogen) atoms. The molecule has 1 fully saturated rings. The molecular weight excluding hydrogens is 224 g/mol. The van der Waals surface area contributed by atoms with Gasteiger partial charge in [-0.25, -0.2) is 0 Å². The summed E-state index contributed by atoms with van der Waals surface area (Å²) in [5.41, 5.74) is 0. The molecule has 1 aliphatic heterocycles. The van der Waals surface area contributed by atoms with Gasteiger partial charge in [0, 0.05) is 45.0 Å². The Labute approximate surface area is 119 Å². The fourth-order valence-corrected chi connectivity index (χ4v) is 1.48. The Hall–Kier alpha value is -1.98. The van der Waals surface area contributed by atoms with E-state index in [1.807, 2.05) is 0 Å². The Kier molecular flexibility index (Phi) is 15.3. The minimum Gasteiger partial charge on any atom is -0.314 e. The first-order chi connectivity index (χ1) is 8.76. The van der Waals surface area contributed by atoms with Gasteiger partial charge >= 0.3 is 0 Å². The number of terminal acetylenes is 1. The van der Waals surface area contributed by atoms with Gasteiger partial charge in [0.25, 0.3) is 0 Å². The highest BCUT2D eigenvalue weighted by Gasteiger charge is 2.14. The number of piperazine rings is 1. The minimum absolute atomic E-state index is 0. The molecule has 0 bridgehead atoms. The molecule has 0 aliphatic carbocycles. The Morgan fingerprint density at radius 2 is 2.06 bits per heavy atom. The molecule has 108 valence electrons. The third-order valence-electron chi connectivity index (χ3n) is 2.37. The SMILES string of the molecule is C#CC#CC#CC.CCN1CCNC[C@@H]1C.N#N.[HH].[HH].[HH].[HH].[HH].[HH]. The van der Waals surface area contributed by atoms with E-state index in [2.05, 4.69) is 53.7 Å². The van der Waals surface area contributed by atoms with Crippen LogP contribution >= 0.6 is 0 Å². The average molecular weight is 256 g/mol. The van der Waals surface area contributed by atoms with E-state index in [-0.39, 0.29) is 8.56 Å². The summed E-state index contributed by atoms with van der Waals surface area (Å²) < 4.78 is 0. The van der Waals surface area contributed by atoms with Gasteiger partial charge in [0.1, 0.15) is 0 Å². The van der Waals surface area contributed by atoms with Gasteiger partial charge in [0.15, 0.2) is 0 Å². The molecule has 1 saturated heterocycles. The lowest BCUT2D eigenvalue weighted by Crippen LogP contribution is -2.49. The van der Waals surface area contributed by atoms with Crippen molar-refractivity contribution in [2.24, 2.45) is 0 Å². The molecule has 1 N–H and O–H groups in total. The second-order valence-electron chi connectivity index (χ2n) is 3.45. The third kappa shape index (κ3) is 10.5. The molecule has 0 spiro atoms. The third-order valence-corrected chi connectivity index (χ3v) is 2.37. The zero-order chi connectivity index (χ0) is 14.2. The Bertz CT molecular complexity index is 389. The maximum atomic E-state index is 6.00. The highest BCUT2D eigenvalue weighted by Crippen LogP contribution is 1.99. The summed E-state index contributed by atoms with van der Waals surface area (Å²) in [6, 6.07) is 0.740. The standard InChI is InChI=1S/C7H16N2.C7H4.N2.6H2/c1-3-9-5-4-8-6-7(9)2;1-3-5-7-6-4-2;1-2;;;;;;/h7-8H,3-6H2,1-2H3;1H,2H3;;6*1H/t7-;;;;;;;;/m0......../s1. The van der Waals surface area contributed by atoms with E-state index in [0.29, 0.717) is 0 Å². The molecule has 1 heterocycles. The summed E-state index contributed by atoms with van der Waals surface area (Å²) in [4.78, 5) is 2.50. The smallest absolute Gasteiger partial charge is 0.0192 e. The zero-order valence-electron chi connectivity index (χ0n) is 11.3. The predicted octanol–water partition coefficient (Wildman–Crippen LogP) is 2.45. The van der Waals surface area contributed by atoms with Crippen LogP contribution < -0.4 is 5.32 Å². The number of likely N-dealkylation sites (N-methyl/N-ethyl adjacent to an activating group) is 1. The Morgan fingerprint density at radius 3 is 2.44 bits per heavy atom. The molecule has 0 amide bonds. The monoisotopic (exact) mass is 256 g/mol. The van der Waals surface area contributed by atoms with E-state index in [9.17, 15) is 0 Å². The highest BCUT2D eigenvalue weighted by molar-refractivity contribution is 5.33. The number of hydrogen-bond acceptors (Lipinski definition) is 4. The van der Waals surface area contributed by atoms with Crippen LogP contribution in [0.25, 0.3) is 0 Å². The van der Waals surface area contributed by atoms with Crippen molar-refractivity contribution >= 4 is 0 Å². The van der Waals surface area contributed by atoms with Crippen molar-refractivity contribution in [3.8, 4) is 36.0 Å². The van der Waals surface area contributed by atoms with Crippen molar-refractivity contribution in [1.82, 2.24) is 10.2 Å². The first-order valence-electron chi connectivity index (χ1n) is 5.78. The summed E-state index contributed by atoms with van der Waals surface area (Å²) in [7, 11) is 0. The summed E-state index contributed by atoms with van der Waals surface area (Å²) >= 11 is 0. The summed E-state index contributed by atoms with van der Waals surface area (Å²) in [5, 5.41) is 15.4. The normalized spacial score (nSPS) is 16.8. The van der Waals surface area contributed by atoms with Gasteiger partial charge in [0.05, 0.1) is 0 Å². The molecule has 0 aromatic heterocycles. The quantitative estimate of drug-likeness (QED) is 0.578. The molecule has 0 unspecified atom stereocenters. The molecular formula is C14H32N4. The predicted molar refractivity (Wildman–Crippen MR) is 85.8 cm³/mol. The van der Waals surface area contributed by atoms with Crippen LogP contribution in [0.1, 0.15) is 29.3 Å². The molecule has 4 heteroatoms. The zero-order valence-corrected chi connectivity index (χ0v) is 11.3. The molecule has 4 nitrogen and oxygen atoms in total. The molecule has 1 rings (SSSR count). The van der Waals surface area contributed by atoms with E-state index >= 15 is 0 Å². The number of hydrogen-bond donors (Lipinski definition) is 1. The van der Waals surface area contributed by atoms with E-state index < -0.39 is 0 Å². The van der Waals surface area contributed by atoms with Crippen LogP contribution in [0.15, 0.2) is 0 Å². The molecule has 0 radical (unpaired) electrons. The van der Waals surface area contributed by atoms with Crippen molar-refractivity contribution in [2.45, 2.75) is 26.8 Å². The van der Waals surface area contributed by atoms with Crippen LogP contribution in [-0.4, -0.2) is 37.1 Å². The molecule has 0 aromatic rings. The van der Waals surface area contributed by atoms with Crippen molar-refractivity contribution in [2.75, 3.05) is 26.2 Å². The second kappa shape index (κ2) is 15.0. The fraction of sp³-hybridized carbons (Fsp3) is 0.571. The highest BCUT2D eigenvalue weighted by atomic mass is 15.2. The first kappa shape index (κ1) is 18.4. The van der Waals surface area contributed by atoms with Crippen LogP contribution in [0.3, 0.4) is 0 Å². The second-order valence-corrected chi connectivity index (χ2v) is 3.45. The van der Waals surface area contributed by atoms with Crippen LogP contribution in [0, 0.1) is 46.8 Å². The van der Waals surface area contributed by atoms with Gasteiger partial charge in [-0.1, -0.05) is 12.8 Å². The lowest BCUT2D eigenvalue weighted by atomic mass is 10.2. The lowest BCUT2D eigenvalue weighted by Gasteiger charge is -2.32. The maximum absolute atomic E-state index is 6.00. The minimum atomic E-state index is 0. The van der Waals surface area contributed by atoms with Gasteiger partial charge in [-0.15, -0.1) is 6.42 Å². The number of nitrogens with zero attached hydrogens (tertiary/aromatic N) is 3. The Balaban J connectivity index is -0.0000000266. The van der Waals surface area contributed by atoms with Crippen LogP contribution in [0.5, 0.6) is 0 Å². The van der Waals surface area contributed by atoms with E-state index in [1.165, 1.54) is 13.1 Å². The Morgan fingerprint density at radius 1 is 1.39 bits per heavy atom. The van der Waals surface area contributed by atoms with Crippen LogP contribution in [0.2, 0.25) is 0 Å². The van der Waals surface area contributed by atoms with Crippen molar-refractivity contribution in [1.29, 1.82) is 10.8 Å². The number of nitrogens with one attached hydrogen (secondary N) is 1. The summed E-state index contributed by atoms with van der Waals surface area (Å²) in [6.45, 7) is 11.0. The molecule has 0 aromatic carbocycles. The summed E-state index contributed by atoms with van der Waals surface area (Å²) in [5.74, 6) is 12.0. The largest absolute Gasteiger partial charge is 0.314 e. The molecule has 1 aliphatic rings. The van der Waals surface area contributed by atoms with Gasteiger partial charge < -0.3 is 5.32 Å². The van der Waals surface area contributed by atoms with Gasteiger partial charge in [-0.2, -0.15) is 0 Å².